The lowest BCUT2D eigenvalue weighted by atomic mass is 10.2. The van der Waals surface area contributed by atoms with E-state index in [4.69, 9.17) is 0 Å². The predicted octanol–water partition coefficient (Wildman–Crippen LogP) is 8.11. The number of phenols is 2. The first-order valence-electron chi connectivity index (χ1n) is 11.8. The Morgan fingerprint density at radius 2 is 0.833 bits per heavy atom. The van der Waals surface area contributed by atoms with Gasteiger partial charge in [-0.2, -0.15) is 26.3 Å². The second kappa shape index (κ2) is 13.3. The molecule has 0 saturated carbocycles. The van der Waals surface area contributed by atoms with Crippen LogP contribution in [0.15, 0.2) is 97.1 Å². The SMILES string of the molecule is O=C(Nc1ccccc1)Nc1ccc(C(F)(F)F)cc1O.O=C(Nc1ccccc1)Nc1ccc(C(F)(F)F)cc1O. The quantitative estimate of drug-likeness (QED) is 0.106. The number of anilines is 4. The third-order valence-electron chi connectivity index (χ3n) is 5.21. The van der Waals surface area contributed by atoms with Gasteiger partial charge in [-0.15, -0.1) is 0 Å². The van der Waals surface area contributed by atoms with Gasteiger partial charge in [-0.05, 0) is 60.7 Å². The highest BCUT2D eigenvalue weighted by Gasteiger charge is 2.32. The highest BCUT2D eigenvalue weighted by Crippen LogP contribution is 2.35. The number of carbonyl (C=O) groups is 2. The van der Waals surface area contributed by atoms with Gasteiger partial charge in [0.05, 0.1) is 22.5 Å². The fraction of sp³-hybridized carbons (Fsp3) is 0.0714. The van der Waals surface area contributed by atoms with E-state index in [1.165, 1.54) is 0 Å². The van der Waals surface area contributed by atoms with Crippen LogP contribution in [0.25, 0.3) is 0 Å². The van der Waals surface area contributed by atoms with Crippen molar-refractivity contribution in [2.45, 2.75) is 12.4 Å². The molecule has 0 aromatic heterocycles. The minimum atomic E-state index is -4.55. The highest BCUT2D eigenvalue weighted by molar-refractivity contribution is 6.01. The number of urea groups is 2. The molecule has 0 fully saturated rings. The predicted molar refractivity (Wildman–Crippen MR) is 144 cm³/mol. The molecule has 4 rings (SSSR count). The molecule has 0 aliphatic carbocycles. The molecule has 220 valence electrons. The van der Waals surface area contributed by atoms with Crippen LogP contribution in [-0.4, -0.2) is 22.3 Å². The van der Waals surface area contributed by atoms with E-state index in [1.807, 2.05) is 0 Å². The average molecular weight is 592 g/mol. The molecule has 6 N–H and O–H groups in total. The van der Waals surface area contributed by atoms with Crippen LogP contribution < -0.4 is 21.3 Å². The molecule has 8 nitrogen and oxygen atoms in total. The molecule has 0 aliphatic heterocycles. The Balaban J connectivity index is 0.000000230. The second-order valence-corrected chi connectivity index (χ2v) is 8.35. The minimum absolute atomic E-state index is 0.114. The van der Waals surface area contributed by atoms with E-state index in [0.717, 1.165) is 24.3 Å². The van der Waals surface area contributed by atoms with E-state index < -0.39 is 47.0 Å². The molecular formula is C28H22F6N4O4. The standard InChI is InChI=1S/2C14H11F3N2O2/c2*15-14(16,17)9-6-7-11(12(20)8-9)19-13(21)18-10-4-2-1-3-5-10/h2*1-8,20H,(H2,18,19,21). The Labute approximate surface area is 234 Å². The number of aromatic hydroxyl groups is 2. The summed E-state index contributed by atoms with van der Waals surface area (Å²) in [6, 6.07) is 20.3. The molecule has 0 unspecified atom stereocenters. The number of para-hydroxylation sites is 2. The van der Waals surface area contributed by atoms with Gasteiger partial charge >= 0.3 is 24.4 Å². The summed E-state index contributed by atoms with van der Waals surface area (Å²) in [6.45, 7) is 0. The number of hydrogen-bond donors (Lipinski definition) is 6. The maximum absolute atomic E-state index is 12.4. The highest BCUT2D eigenvalue weighted by atomic mass is 19.4. The number of halogens is 6. The van der Waals surface area contributed by atoms with Gasteiger partial charge in [-0.1, -0.05) is 36.4 Å². The molecule has 0 radical (unpaired) electrons. The van der Waals surface area contributed by atoms with Crippen LogP contribution in [0.2, 0.25) is 0 Å². The van der Waals surface area contributed by atoms with Gasteiger partial charge in [0.1, 0.15) is 11.5 Å². The molecule has 0 bridgehead atoms. The van der Waals surface area contributed by atoms with Crippen LogP contribution in [0.1, 0.15) is 11.1 Å². The number of rotatable bonds is 4. The van der Waals surface area contributed by atoms with Crippen molar-refractivity contribution in [2.24, 2.45) is 0 Å². The maximum Gasteiger partial charge on any atom is 0.416 e. The first-order chi connectivity index (χ1) is 19.7. The Bertz CT molecular complexity index is 1400. The monoisotopic (exact) mass is 592 g/mol. The summed E-state index contributed by atoms with van der Waals surface area (Å²) in [5.41, 5.74) is -1.18. The molecule has 4 amide bonds. The molecule has 0 saturated heterocycles. The molecule has 0 aliphatic rings. The van der Waals surface area contributed by atoms with Gasteiger partial charge in [0.25, 0.3) is 0 Å². The third kappa shape index (κ3) is 9.36. The fourth-order valence-corrected chi connectivity index (χ4v) is 3.24. The molecule has 14 heteroatoms. The topological polar surface area (TPSA) is 123 Å². The summed E-state index contributed by atoms with van der Waals surface area (Å²) in [5, 5.41) is 28.6. The molecule has 0 spiro atoms. The zero-order chi connectivity index (χ0) is 30.9. The summed E-state index contributed by atoms with van der Waals surface area (Å²) < 4.78 is 74.6. The number of alkyl halides is 6. The van der Waals surface area contributed by atoms with Crippen molar-refractivity contribution in [3.05, 3.63) is 108 Å². The van der Waals surface area contributed by atoms with Gasteiger partial charge < -0.3 is 31.5 Å². The van der Waals surface area contributed by atoms with Crippen molar-refractivity contribution in [1.82, 2.24) is 0 Å². The van der Waals surface area contributed by atoms with Gasteiger partial charge in [-0.25, -0.2) is 9.59 Å². The lowest BCUT2D eigenvalue weighted by Crippen LogP contribution is -2.19. The molecule has 4 aromatic rings. The molecule has 42 heavy (non-hydrogen) atoms. The Kier molecular flexibility index (Phi) is 9.86. The summed E-state index contributed by atoms with van der Waals surface area (Å²) >= 11 is 0. The van der Waals surface area contributed by atoms with Crippen LogP contribution >= 0.6 is 0 Å². The van der Waals surface area contributed by atoms with E-state index in [-0.39, 0.29) is 11.4 Å². The van der Waals surface area contributed by atoms with Crippen molar-refractivity contribution in [3.8, 4) is 11.5 Å². The van der Waals surface area contributed by atoms with E-state index in [0.29, 0.717) is 23.5 Å². The molecular weight excluding hydrogens is 570 g/mol. The van der Waals surface area contributed by atoms with E-state index in [2.05, 4.69) is 21.3 Å². The van der Waals surface area contributed by atoms with Crippen LogP contribution in [0.4, 0.5) is 58.7 Å². The lowest BCUT2D eigenvalue weighted by Gasteiger charge is -2.11. The minimum Gasteiger partial charge on any atom is -0.506 e. The molecule has 0 heterocycles. The smallest absolute Gasteiger partial charge is 0.416 e. The number of phenolic OH excluding ortho intramolecular Hbond substituents is 2. The number of amides is 4. The number of carbonyl (C=O) groups excluding carboxylic acids is 2. The zero-order valence-corrected chi connectivity index (χ0v) is 21.2. The zero-order valence-electron chi connectivity index (χ0n) is 21.2. The number of benzene rings is 4. The lowest BCUT2D eigenvalue weighted by molar-refractivity contribution is -0.138. The Hall–Kier alpha value is -5.40. The van der Waals surface area contributed by atoms with Crippen LogP contribution in [0.3, 0.4) is 0 Å². The van der Waals surface area contributed by atoms with Crippen LogP contribution in [-0.2, 0) is 12.4 Å². The summed E-state index contributed by atoms with van der Waals surface area (Å²) in [7, 11) is 0. The third-order valence-corrected chi connectivity index (χ3v) is 5.21. The van der Waals surface area contributed by atoms with Gasteiger partial charge in [0.2, 0.25) is 0 Å². The number of nitrogens with one attached hydrogen (secondary N) is 4. The largest absolute Gasteiger partial charge is 0.506 e. The first-order valence-corrected chi connectivity index (χ1v) is 11.8. The average Bonchev–Trinajstić information content (AvgIpc) is 2.91. The number of hydrogen-bond acceptors (Lipinski definition) is 4. The Morgan fingerprint density at radius 1 is 0.500 bits per heavy atom. The summed E-state index contributed by atoms with van der Waals surface area (Å²) in [4.78, 5) is 23.3. The van der Waals surface area contributed by atoms with Gasteiger partial charge in [0.15, 0.2) is 0 Å². The Morgan fingerprint density at radius 3 is 1.12 bits per heavy atom. The molecule has 0 atom stereocenters. The van der Waals surface area contributed by atoms with Crippen molar-refractivity contribution >= 4 is 34.8 Å². The van der Waals surface area contributed by atoms with Crippen molar-refractivity contribution < 1.29 is 46.1 Å². The van der Waals surface area contributed by atoms with Gasteiger partial charge in [-0.3, -0.25) is 0 Å². The first kappa shape index (κ1) is 31.1. The van der Waals surface area contributed by atoms with Crippen molar-refractivity contribution in [2.75, 3.05) is 21.3 Å². The van der Waals surface area contributed by atoms with Crippen molar-refractivity contribution in [3.63, 3.8) is 0 Å². The summed E-state index contributed by atoms with van der Waals surface area (Å²) in [5.74, 6) is -1.32. The van der Waals surface area contributed by atoms with Crippen LogP contribution in [0, 0.1) is 0 Å². The summed E-state index contributed by atoms with van der Waals surface area (Å²) in [6.07, 6.45) is -9.11. The second-order valence-electron chi connectivity index (χ2n) is 8.35. The van der Waals surface area contributed by atoms with Crippen molar-refractivity contribution in [1.29, 1.82) is 0 Å². The normalized spacial score (nSPS) is 11.0. The molecule has 4 aromatic carbocycles. The van der Waals surface area contributed by atoms with E-state index in [9.17, 15) is 46.1 Å². The maximum atomic E-state index is 12.4. The van der Waals surface area contributed by atoms with Gasteiger partial charge in [0, 0.05) is 11.4 Å². The van der Waals surface area contributed by atoms with E-state index >= 15 is 0 Å². The van der Waals surface area contributed by atoms with E-state index in [1.54, 1.807) is 60.7 Å². The van der Waals surface area contributed by atoms with Crippen LogP contribution in [0.5, 0.6) is 11.5 Å². The fourth-order valence-electron chi connectivity index (χ4n) is 3.24.